The Morgan fingerprint density at radius 2 is 0.456 bits per heavy atom. The van der Waals surface area contributed by atoms with Gasteiger partial charge in [0.2, 0.25) is 0 Å². The first-order chi connectivity index (χ1) is 37.9. The molecule has 0 saturated carbocycles. The monoisotopic (exact) mass is 1090 g/mol. The summed E-state index contributed by atoms with van der Waals surface area (Å²) in [6, 6.07) is 45.5. The summed E-state index contributed by atoms with van der Waals surface area (Å²) in [6.45, 7) is 0. The molecule has 19 nitrogen and oxygen atoms in total. The molecule has 1 radical (unpaired) electrons. The van der Waals surface area contributed by atoms with Crippen LogP contribution in [-0.2, 0) is 17.1 Å². The van der Waals surface area contributed by atoms with Gasteiger partial charge in [0.15, 0.2) is 46.7 Å². The molecule has 0 fully saturated rings. The van der Waals surface area contributed by atoms with Crippen LogP contribution in [0, 0.1) is 0 Å². The standard InChI is InChI=1S/C59H32N8O11.Cu/c68-32-7-15-36(16-8-32)78-40-20-24-44-48(28-40)56-66-51-43-23-19-39(77-35-13-5-31(6-14-35)59(73)74)27-47(43)54(64-51)62-49-41-21-17-37(75-33-9-1-29(2-10-33)57(69)70)25-45(41)53(60-49)61-50-42-22-18-38(26-46(42)55(63-50)65-52(44)67-56)76-34-11-3-30(4-12-34)58(71)72;/h1-28,68H,(H,69,70)(H,71,72)(H,73,74);. The minimum Gasteiger partial charge on any atom is -0.508 e. The van der Waals surface area contributed by atoms with Gasteiger partial charge in [-0.1, -0.05) is 0 Å². The number of rotatable bonds is 11. The van der Waals surface area contributed by atoms with Gasteiger partial charge in [0.25, 0.3) is 0 Å². The number of ether oxygens (including phenoxy) is 4. The number of benzene rings is 8. The van der Waals surface area contributed by atoms with Gasteiger partial charge in [-0.05, 0) is 170 Å². The van der Waals surface area contributed by atoms with Crippen LogP contribution in [0.2, 0.25) is 0 Å². The zero-order valence-corrected chi connectivity index (χ0v) is 41.1. The Bertz CT molecular complexity index is 4160. The molecular weight excluding hydrogens is 1060 g/mol. The van der Waals surface area contributed by atoms with E-state index in [2.05, 4.69) is 0 Å². The summed E-state index contributed by atoms with van der Waals surface area (Å²) in [4.78, 5) is 75.2. The van der Waals surface area contributed by atoms with Crippen LogP contribution in [0.25, 0.3) is 0 Å². The van der Waals surface area contributed by atoms with Crippen molar-refractivity contribution >= 4 is 64.6 Å². The van der Waals surface area contributed by atoms with Gasteiger partial charge in [0.05, 0.1) is 16.7 Å². The first-order valence-electron chi connectivity index (χ1n) is 23.7. The fourth-order valence-electron chi connectivity index (χ4n) is 8.89. The third kappa shape index (κ3) is 9.47. The van der Waals surface area contributed by atoms with Crippen LogP contribution >= 0.6 is 0 Å². The van der Waals surface area contributed by atoms with E-state index in [-0.39, 0.29) is 86.2 Å². The van der Waals surface area contributed by atoms with Crippen molar-refractivity contribution in [3.63, 3.8) is 0 Å². The number of aromatic hydroxyl groups is 1. The molecule has 5 aliphatic heterocycles. The van der Waals surface area contributed by atoms with Crippen molar-refractivity contribution in [3.05, 3.63) is 231 Å². The number of hydrogen-bond acceptors (Lipinski definition) is 16. The van der Waals surface area contributed by atoms with Crippen LogP contribution in [0.3, 0.4) is 0 Å². The second-order valence-corrected chi connectivity index (χ2v) is 17.7. The van der Waals surface area contributed by atoms with E-state index in [1.165, 1.54) is 48.5 Å². The van der Waals surface area contributed by atoms with E-state index < -0.39 is 17.9 Å². The maximum Gasteiger partial charge on any atom is 0.335 e. The molecule has 8 aromatic rings. The number of carboxylic acids is 3. The summed E-state index contributed by atoms with van der Waals surface area (Å²) < 4.78 is 24.9. The van der Waals surface area contributed by atoms with Crippen LogP contribution in [0.1, 0.15) is 75.6 Å². The van der Waals surface area contributed by atoms with E-state index >= 15 is 0 Å². The van der Waals surface area contributed by atoms with Gasteiger partial charge in [-0.15, -0.1) is 0 Å². The van der Waals surface area contributed by atoms with Crippen LogP contribution in [0.15, 0.2) is 210 Å². The van der Waals surface area contributed by atoms with E-state index in [4.69, 9.17) is 58.9 Å². The minimum absolute atomic E-state index is 0. The summed E-state index contributed by atoms with van der Waals surface area (Å²) in [5.41, 5.74) is 4.70. The number of fused-ring (bicyclic) bond motifs is 16. The molecule has 5 heterocycles. The smallest absolute Gasteiger partial charge is 0.335 e. The summed E-state index contributed by atoms with van der Waals surface area (Å²) in [5.74, 6) is 1.94. The van der Waals surface area contributed by atoms with E-state index in [9.17, 15) is 34.8 Å². The first-order valence-corrected chi connectivity index (χ1v) is 23.7. The number of hydrogen-bond donors (Lipinski definition) is 4. The molecule has 385 valence electrons. The third-order valence-corrected chi connectivity index (χ3v) is 12.7. The van der Waals surface area contributed by atoms with Gasteiger partial charge in [-0.2, -0.15) is 0 Å². The molecule has 4 N–H and O–H groups in total. The maximum atomic E-state index is 11.6. The number of phenols is 1. The average molecular weight is 1090 g/mol. The molecule has 13 rings (SSSR count). The summed E-state index contributed by atoms with van der Waals surface area (Å²) in [7, 11) is 0. The Morgan fingerprint density at radius 1 is 0.266 bits per heavy atom. The summed E-state index contributed by atoms with van der Waals surface area (Å²) in [5, 5.41) is 38.4. The zero-order valence-electron chi connectivity index (χ0n) is 40.2. The molecule has 5 aliphatic rings. The van der Waals surface area contributed by atoms with Gasteiger partial charge >= 0.3 is 17.9 Å². The van der Waals surface area contributed by atoms with Crippen molar-refractivity contribution in [2.24, 2.45) is 39.9 Å². The molecule has 8 bridgehead atoms. The molecule has 0 aliphatic carbocycles. The van der Waals surface area contributed by atoms with Crippen LogP contribution in [0.4, 0.5) is 0 Å². The summed E-state index contributed by atoms with van der Waals surface area (Å²) >= 11 is 0. The van der Waals surface area contributed by atoms with Crippen LogP contribution < -0.4 is 18.9 Å². The fraction of sp³-hybridized carbons (Fsp3) is 0. The average Bonchev–Trinajstić information content (AvgIpc) is 4.39. The minimum atomic E-state index is -1.07. The Kier molecular flexibility index (Phi) is 12.2. The number of phenolic OH excluding ortho intramolecular Hbond substituents is 1. The Balaban J connectivity index is 0.00000623. The molecular formula is C59H32CuN8O11. The van der Waals surface area contributed by atoms with Crippen molar-refractivity contribution in [1.29, 1.82) is 0 Å². The first kappa shape index (κ1) is 49.0. The van der Waals surface area contributed by atoms with E-state index in [1.54, 1.807) is 121 Å². The molecule has 20 heteroatoms. The topological polar surface area (TPSA) is 268 Å². The van der Waals surface area contributed by atoms with Crippen molar-refractivity contribution in [2.45, 2.75) is 0 Å². The fourth-order valence-corrected chi connectivity index (χ4v) is 8.89. The Hall–Kier alpha value is -11.0. The van der Waals surface area contributed by atoms with Crippen LogP contribution in [-0.4, -0.2) is 85.0 Å². The largest absolute Gasteiger partial charge is 0.508 e. The normalized spacial score (nSPS) is 13.9. The number of amidine groups is 8. The van der Waals surface area contributed by atoms with Gasteiger partial charge in [0, 0.05) is 61.6 Å². The molecule has 79 heavy (non-hydrogen) atoms. The quantitative estimate of drug-likeness (QED) is 0.0885. The Labute approximate surface area is 456 Å². The van der Waals surface area contributed by atoms with E-state index in [1.807, 2.05) is 0 Å². The Morgan fingerprint density at radius 3 is 0.671 bits per heavy atom. The second kappa shape index (κ2) is 19.6. The van der Waals surface area contributed by atoms with Gasteiger partial charge < -0.3 is 39.4 Å². The SMILES string of the molecule is O=C(O)c1ccc(Oc2ccc3c(c2)C2=NC4=NC(=NC5=NC(=NC6=NC(=NC3=N2)c2cc(Oc3ccc(C(=O)O)cc3)ccc26)c2cc(Oc3ccc(C(=O)O)cc3)ccc25)c2cc(Oc3ccc(O)cc3)ccc24)cc1.[Cu]. The molecule has 0 spiro atoms. The molecule has 0 atom stereocenters. The number of carbonyl (C=O) groups is 3. The summed E-state index contributed by atoms with van der Waals surface area (Å²) in [6.07, 6.45) is 0. The molecule has 0 amide bonds. The van der Waals surface area contributed by atoms with Crippen molar-refractivity contribution < 1.29 is 70.8 Å². The van der Waals surface area contributed by atoms with Crippen molar-refractivity contribution in [2.75, 3.05) is 0 Å². The number of nitrogens with zero attached hydrogens (tertiary/aromatic N) is 8. The number of aromatic carboxylic acids is 3. The predicted octanol–water partition coefficient (Wildman–Crippen LogP) is 10.8. The zero-order chi connectivity index (χ0) is 53.2. The molecule has 8 aromatic carbocycles. The number of aliphatic imine (C=N–C) groups is 8. The van der Waals surface area contributed by atoms with Gasteiger partial charge in [-0.25, -0.2) is 54.3 Å². The van der Waals surface area contributed by atoms with E-state index in [0.29, 0.717) is 90.5 Å². The van der Waals surface area contributed by atoms with Gasteiger partial charge in [-0.3, -0.25) is 0 Å². The molecule has 0 unspecified atom stereocenters. The predicted molar refractivity (Wildman–Crippen MR) is 287 cm³/mol. The third-order valence-electron chi connectivity index (χ3n) is 12.7. The van der Waals surface area contributed by atoms with Crippen molar-refractivity contribution in [3.8, 4) is 51.7 Å². The number of carboxylic acid groups (broad SMARTS) is 3. The molecule has 0 saturated heterocycles. The van der Waals surface area contributed by atoms with Crippen LogP contribution in [0.5, 0.6) is 51.7 Å². The van der Waals surface area contributed by atoms with E-state index in [0.717, 1.165) is 0 Å². The van der Waals surface area contributed by atoms with Crippen molar-refractivity contribution in [1.82, 2.24) is 0 Å². The molecule has 0 aromatic heterocycles. The second-order valence-electron chi connectivity index (χ2n) is 17.7. The maximum absolute atomic E-state index is 11.6. The van der Waals surface area contributed by atoms with Gasteiger partial charge in [0.1, 0.15) is 51.7 Å².